The topological polar surface area (TPSA) is 79.8 Å². The largest absolute Gasteiger partial charge is 0.343 e. The smallest absolute Gasteiger partial charge is 0.325 e. The van der Waals surface area contributed by atoms with Crippen LogP contribution in [0.25, 0.3) is 0 Å². The van der Waals surface area contributed by atoms with E-state index in [1.54, 1.807) is 11.5 Å². The Morgan fingerprint density at radius 1 is 1.19 bits per heavy atom. The lowest BCUT2D eigenvalue weighted by Crippen LogP contribution is -2.24. The fourth-order valence-electron chi connectivity index (χ4n) is 2.64. The fourth-order valence-corrected chi connectivity index (χ4v) is 3.52. The van der Waals surface area contributed by atoms with E-state index in [0.29, 0.717) is 11.7 Å². The van der Waals surface area contributed by atoms with E-state index in [1.807, 2.05) is 61.5 Å². The third-order valence-corrected chi connectivity index (χ3v) is 5.33. The second-order valence-corrected chi connectivity index (χ2v) is 7.57. The molecule has 1 unspecified atom stereocenters. The number of rotatable bonds is 7. The van der Waals surface area contributed by atoms with Gasteiger partial charge in [0.1, 0.15) is 0 Å². The number of carbonyl (C=O) groups is 1. The molecule has 27 heavy (non-hydrogen) atoms. The number of nitrogens with one attached hydrogen (secondary N) is 2. The third kappa shape index (κ3) is 4.89. The fraction of sp³-hybridized carbons (Fsp3) is 0.250. The Balaban J connectivity index is 1.65. The molecule has 2 N–H and O–H groups in total. The molecule has 0 saturated carbocycles. The van der Waals surface area contributed by atoms with Gasteiger partial charge in [-0.1, -0.05) is 60.3 Å². The molecule has 7 heteroatoms. The Morgan fingerprint density at radius 2 is 1.89 bits per heavy atom. The zero-order chi connectivity index (χ0) is 19.2. The second kappa shape index (κ2) is 8.73. The molecule has 0 bridgehead atoms. The van der Waals surface area contributed by atoms with Crippen LogP contribution in [0.4, 0.5) is 5.69 Å². The van der Waals surface area contributed by atoms with Gasteiger partial charge in [-0.25, -0.2) is 9.89 Å². The van der Waals surface area contributed by atoms with Crippen LogP contribution >= 0.6 is 11.8 Å². The third-order valence-electron chi connectivity index (χ3n) is 4.24. The summed E-state index contributed by atoms with van der Waals surface area (Å²) in [6.07, 6.45) is 0.720. The summed E-state index contributed by atoms with van der Waals surface area (Å²) < 4.78 is 1.58. The molecular weight excluding hydrogens is 360 g/mol. The summed E-state index contributed by atoms with van der Waals surface area (Å²) in [4.78, 5) is 24.6. The van der Waals surface area contributed by atoms with Crippen molar-refractivity contribution in [3.63, 3.8) is 0 Å². The summed E-state index contributed by atoms with van der Waals surface area (Å²) in [5.41, 5.74) is 2.67. The maximum Gasteiger partial charge on any atom is 0.343 e. The van der Waals surface area contributed by atoms with E-state index in [0.717, 1.165) is 23.2 Å². The molecule has 1 amide bonds. The summed E-state index contributed by atoms with van der Waals surface area (Å²) >= 11 is 1.27. The number of benzene rings is 2. The van der Waals surface area contributed by atoms with Gasteiger partial charge >= 0.3 is 5.69 Å². The number of aromatic nitrogens is 3. The molecule has 0 aliphatic carbocycles. The minimum atomic E-state index is -0.393. The lowest BCUT2D eigenvalue weighted by molar-refractivity contribution is -0.115. The molecule has 0 aliphatic heterocycles. The molecule has 1 heterocycles. The monoisotopic (exact) mass is 382 g/mol. The molecule has 2 aromatic carbocycles. The van der Waals surface area contributed by atoms with Gasteiger partial charge in [-0.15, -0.1) is 5.10 Å². The number of para-hydroxylation sites is 1. The standard InChI is InChI=1S/C20H22N4O2S/c1-14-8-6-7-11-17(14)21-18(25)15(2)27-20-23-22-19(26)24(20)13-12-16-9-4-3-5-10-16/h3-11,15H,12-13H2,1-2H3,(H,21,25)(H,22,26). The molecule has 140 valence electrons. The van der Waals surface area contributed by atoms with Crippen molar-refractivity contribution in [1.29, 1.82) is 0 Å². The number of anilines is 1. The number of amides is 1. The summed E-state index contributed by atoms with van der Waals surface area (Å²) in [5.74, 6) is -0.126. The van der Waals surface area contributed by atoms with Crippen LogP contribution in [-0.2, 0) is 17.8 Å². The number of hydrogen-bond donors (Lipinski definition) is 2. The second-order valence-electron chi connectivity index (χ2n) is 6.26. The van der Waals surface area contributed by atoms with Crippen molar-refractivity contribution < 1.29 is 4.79 Å². The number of aryl methyl sites for hydroxylation is 2. The Hall–Kier alpha value is -2.80. The van der Waals surface area contributed by atoms with Gasteiger partial charge in [0.2, 0.25) is 5.91 Å². The van der Waals surface area contributed by atoms with Crippen LogP contribution in [0.5, 0.6) is 0 Å². The van der Waals surface area contributed by atoms with Gasteiger partial charge in [0.05, 0.1) is 5.25 Å². The van der Waals surface area contributed by atoms with Crippen molar-refractivity contribution >= 4 is 23.4 Å². The number of nitrogens with zero attached hydrogens (tertiary/aromatic N) is 2. The Morgan fingerprint density at radius 3 is 2.63 bits per heavy atom. The number of thioether (sulfide) groups is 1. The van der Waals surface area contributed by atoms with Gasteiger partial charge in [-0.2, -0.15) is 0 Å². The molecule has 1 aromatic heterocycles. The maximum atomic E-state index is 12.5. The first-order valence-corrected chi connectivity index (χ1v) is 9.65. The van der Waals surface area contributed by atoms with Gasteiger partial charge < -0.3 is 5.32 Å². The zero-order valence-corrected chi connectivity index (χ0v) is 16.1. The molecule has 0 fully saturated rings. The lowest BCUT2D eigenvalue weighted by Gasteiger charge is -2.13. The van der Waals surface area contributed by atoms with E-state index in [2.05, 4.69) is 15.5 Å². The Kier molecular flexibility index (Phi) is 6.13. The van der Waals surface area contributed by atoms with Crippen molar-refractivity contribution in [1.82, 2.24) is 14.8 Å². The number of hydrogen-bond acceptors (Lipinski definition) is 4. The highest BCUT2D eigenvalue weighted by molar-refractivity contribution is 8.00. The van der Waals surface area contributed by atoms with Gasteiger partial charge in [0.15, 0.2) is 5.16 Å². The predicted octanol–water partition coefficient (Wildman–Crippen LogP) is 3.24. The molecule has 0 spiro atoms. The van der Waals surface area contributed by atoms with Crippen molar-refractivity contribution in [2.45, 2.75) is 37.2 Å². The van der Waals surface area contributed by atoms with Gasteiger partial charge in [0.25, 0.3) is 0 Å². The lowest BCUT2D eigenvalue weighted by atomic mass is 10.1. The summed E-state index contributed by atoms with van der Waals surface area (Å²) in [6, 6.07) is 17.6. The van der Waals surface area contributed by atoms with Crippen molar-refractivity contribution in [3.8, 4) is 0 Å². The van der Waals surface area contributed by atoms with E-state index in [9.17, 15) is 9.59 Å². The van der Waals surface area contributed by atoms with E-state index in [-0.39, 0.29) is 11.6 Å². The molecule has 3 aromatic rings. The number of carbonyl (C=O) groups excluding carboxylic acids is 1. The first-order chi connectivity index (χ1) is 13.0. The van der Waals surface area contributed by atoms with Crippen molar-refractivity contribution in [2.24, 2.45) is 0 Å². The van der Waals surface area contributed by atoms with Crippen LogP contribution in [0.3, 0.4) is 0 Å². The minimum Gasteiger partial charge on any atom is -0.325 e. The molecule has 6 nitrogen and oxygen atoms in total. The molecule has 3 rings (SSSR count). The van der Waals surface area contributed by atoms with Crippen LogP contribution < -0.4 is 11.0 Å². The average Bonchev–Trinajstić information content (AvgIpc) is 3.02. The van der Waals surface area contributed by atoms with E-state index >= 15 is 0 Å². The molecule has 0 saturated heterocycles. The first-order valence-electron chi connectivity index (χ1n) is 8.77. The van der Waals surface area contributed by atoms with Crippen molar-refractivity contribution in [3.05, 3.63) is 76.2 Å². The Bertz CT molecular complexity index is 965. The zero-order valence-electron chi connectivity index (χ0n) is 15.3. The molecular formula is C20H22N4O2S. The van der Waals surface area contributed by atoms with Crippen LogP contribution in [-0.4, -0.2) is 25.9 Å². The van der Waals surface area contributed by atoms with E-state index in [1.165, 1.54) is 11.8 Å². The SMILES string of the molecule is Cc1ccccc1NC(=O)C(C)Sc1n[nH]c(=O)n1CCc1ccccc1. The Labute approximate surface area is 162 Å². The average molecular weight is 382 g/mol. The number of H-pyrrole nitrogens is 1. The normalized spacial score (nSPS) is 11.9. The quantitative estimate of drug-likeness (QED) is 0.615. The number of aromatic amines is 1. The first kappa shape index (κ1) is 19.0. The highest BCUT2D eigenvalue weighted by atomic mass is 32.2. The van der Waals surface area contributed by atoms with Crippen LogP contribution in [0.1, 0.15) is 18.1 Å². The van der Waals surface area contributed by atoms with Gasteiger partial charge in [-0.05, 0) is 37.5 Å². The summed E-state index contributed by atoms with van der Waals surface area (Å²) in [5, 5.41) is 9.62. The summed E-state index contributed by atoms with van der Waals surface area (Å²) in [6.45, 7) is 4.26. The van der Waals surface area contributed by atoms with Gasteiger partial charge in [0, 0.05) is 12.2 Å². The molecule has 1 atom stereocenters. The van der Waals surface area contributed by atoms with E-state index in [4.69, 9.17) is 0 Å². The van der Waals surface area contributed by atoms with Crippen LogP contribution in [0, 0.1) is 6.92 Å². The highest BCUT2D eigenvalue weighted by Gasteiger charge is 2.19. The van der Waals surface area contributed by atoms with Gasteiger partial charge in [-0.3, -0.25) is 9.36 Å². The van der Waals surface area contributed by atoms with Crippen LogP contribution in [0.2, 0.25) is 0 Å². The highest BCUT2D eigenvalue weighted by Crippen LogP contribution is 2.22. The minimum absolute atomic E-state index is 0.126. The summed E-state index contributed by atoms with van der Waals surface area (Å²) in [7, 11) is 0. The van der Waals surface area contributed by atoms with E-state index < -0.39 is 5.25 Å². The molecule has 0 radical (unpaired) electrons. The van der Waals surface area contributed by atoms with Crippen LogP contribution in [0.15, 0.2) is 64.5 Å². The van der Waals surface area contributed by atoms with Crippen molar-refractivity contribution in [2.75, 3.05) is 5.32 Å². The molecule has 0 aliphatic rings. The maximum absolute atomic E-state index is 12.5. The predicted molar refractivity (Wildman–Crippen MR) is 108 cm³/mol.